The molecule has 2 aromatic heterocycles. The first kappa shape index (κ1) is 15.1. The largest absolute Gasteiger partial charge is 0.476 e. The Hall–Kier alpha value is -2.25. The molecule has 114 valence electrons. The fourth-order valence-corrected chi connectivity index (χ4v) is 2.17. The maximum atomic E-state index is 12.1. The van der Waals surface area contributed by atoms with Gasteiger partial charge in [0.05, 0.1) is 0 Å². The molecule has 0 spiro atoms. The summed E-state index contributed by atoms with van der Waals surface area (Å²) in [5.41, 5.74) is -0.651. The van der Waals surface area contributed by atoms with Crippen LogP contribution in [0.15, 0.2) is 4.79 Å². The molecule has 0 aromatic carbocycles. The first-order chi connectivity index (χ1) is 9.95. The summed E-state index contributed by atoms with van der Waals surface area (Å²) >= 11 is 0. The van der Waals surface area contributed by atoms with E-state index in [1.165, 1.54) is 11.4 Å². The maximum absolute atomic E-state index is 12.1. The molecular weight excluding hydrogens is 274 g/mol. The van der Waals surface area contributed by atoms with Crippen molar-refractivity contribution < 1.29 is 9.90 Å². The zero-order valence-corrected chi connectivity index (χ0v) is 12.4. The molecule has 8 heteroatoms. The standard InChI is InChI=1S/C13H19N5O3/c1-4-8(2)6-5-7-9-14-10(12(19)20)11-15-16-17(3)13(21)18(9)11/h8H,4-7H2,1-3H3,(H,19,20). The van der Waals surface area contributed by atoms with Gasteiger partial charge in [0.15, 0.2) is 11.3 Å². The van der Waals surface area contributed by atoms with E-state index in [-0.39, 0.29) is 11.3 Å². The van der Waals surface area contributed by atoms with Crippen LogP contribution in [0.5, 0.6) is 0 Å². The monoisotopic (exact) mass is 293 g/mol. The molecule has 2 rings (SSSR count). The van der Waals surface area contributed by atoms with Gasteiger partial charge >= 0.3 is 11.7 Å². The van der Waals surface area contributed by atoms with Crippen molar-refractivity contribution in [2.24, 2.45) is 13.0 Å². The summed E-state index contributed by atoms with van der Waals surface area (Å²) in [6.45, 7) is 4.29. The molecule has 2 aromatic rings. The van der Waals surface area contributed by atoms with Crippen LogP contribution in [-0.4, -0.2) is 35.5 Å². The number of aryl methyl sites for hydroxylation is 2. The first-order valence-corrected chi connectivity index (χ1v) is 7.00. The second kappa shape index (κ2) is 6.02. The lowest BCUT2D eigenvalue weighted by Crippen LogP contribution is -2.29. The lowest BCUT2D eigenvalue weighted by Gasteiger charge is -2.06. The summed E-state index contributed by atoms with van der Waals surface area (Å²) in [4.78, 5) is 27.4. The normalized spacial score (nSPS) is 12.7. The Kier molecular flexibility index (Phi) is 4.35. The van der Waals surface area contributed by atoms with Crippen LogP contribution in [0, 0.1) is 5.92 Å². The summed E-state index contributed by atoms with van der Waals surface area (Å²) < 4.78 is 2.31. The lowest BCUT2D eigenvalue weighted by molar-refractivity contribution is 0.0692. The number of aromatic carboxylic acids is 1. The van der Waals surface area contributed by atoms with Gasteiger partial charge in [-0.05, 0) is 12.3 Å². The SMILES string of the molecule is CCC(C)CCCc1nc(C(=O)O)c2nnn(C)c(=O)n12. The number of carbonyl (C=O) groups is 1. The molecular formula is C13H19N5O3. The molecule has 0 aliphatic carbocycles. The number of hydrogen-bond acceptors (Lipinski definition) is 5. The number of fused-ring (bicyclic) bond motifs is 1. The summed E-state index contributed by atoms with van der Waals surface area (Å²) in [6, 6.07) is 0. The van der Waals surface area contributed by atoms with Gasteiger partial charge in [-0.2, -0.15) is 4.68 Å². The van der Waals surface area contributed by atoms with E-state index in [1.54, 1.807) is 0 Å². The number of rotatable bonds is 6. The van der Waals surface area contributed by atoms with Gasteiger partial charge in [0.25, 0.3) is 0 Å². The van der Waals surface area contributed by atoms with Crippen molar-refractivity contribution in [3.05, 3.63) is 22.0 Å². The van der Waals surface area contributed by atoms with Crippen LogP contribution in [-0.2, 0) is 13.5 Å². The van der Waals surface area contributed by atoms with E-state index in [9.17, 15) is 9.59 Å². The van der Waals surface area contributed by atoms with Crippen molar-refractivity contribution >= 4 is 11.6 Å². The topological polar surface area (TPSA) is 102 Å². The van der Waals surface area contributed by atoms with Crippen LogP contribution >= 0.6 is 0 Å². The molecule has 1 atom stereocenters. The van der Waals surface area contributed by atoms with Crippen molar-refractivity contribution in [2.45, 2.75) is 39.5 Å². The van der Waals surface area contributed by atoms with Crippen molar-refractivity contribution in [1.82, 2.24) is 24.4 Å². The Morgan fingerprint density at radius 1 is 1.43 bits per heavy atom. The predicted molar refractivity (Wildman–Crippen MR) is 75.4 cm³/mol. The molecule has 0 saturated heterocycles. The highest BCUT2D eigenvalue weighted by atomic mass is 16.4. The van der Waals surface area contributed by atoms with E-state index in [0.717, 1.165) is 23.9 Å². The average molecular weight is 293 g/mol. The first-order valence-electron chi connectivity index (χ1n) is 7.00. The van der Waals surface area contributed by atoms with Gasteiger partial charge in [-0.3, -0.25) is 0 Å². The minimum Gasteiger partial charge on any atom is -0.476 e. The van der Waals surface area contributed by atoms with Crippen LogP contribution in [0.25, 0.3) is 5.65 Å². The number of hydrogen-bond donors (Lipinski definition) is 1. The van der Waals surface area contributed by atoms with Crippen LogP contribution in [0.3, 0.4) is 0 Å². The molecule has 8 nitrogen and oxygen atoms in total. The Balaban J connectivity index is 2.41. The third-order valence-corrected chi connectivity index (χ3v) is 3.66. The molecule has 0 aliphatic rings. The number of carboxylic acid groups (broad SMARTS) is 1. The van der Waals surface area contributed by atoms with Crippen LogP contribution < -0.4 is 5.69 Å². The second-order valence-corrected chi connectivity index (χ2v) is 5.24. The minimum absolute atomic E-state index is 0.00383. The van der Waals surface area contributed by atoms with Gasteiger partial charge in [0.2, 0.25) is 0 Å². The third kappa shape index (κ3) is 2.93. The second-order valence-electron chi connectivity index (χ2n) is 5.24. The molecule has 0 fully saturated rings. The Bertz CT molecular complexity index is 718. The lowest BCUT2D eigenvalue weighted by atomic mass is 10.0. The van der Waals surface area contributed by atoms with Crippen molar-refractivity contribution in [3.8, 4) is 0 Å². The van der Waals surface area contributed by atoms with Gasteiger partial charge < -0.3 is 5.11 Å². The minimum atomic E-state index is -1.21. The summed E-state index contributed by atoms with van der Waals surface area (Å²) in [7, 11) is 1.47. The molecule has 0 radical (unpaired) electrons. The van der Waals surface area contributed by atoms with E-state index < -0.39 is 11.7 Å². The maximum Gasteiger partial charge on any atom is 0.358 e. The molecule has 0 bridgehead atoms. The molecule has 1 N–H and O–H groups in total. The molecule has 0 saturated carbocycles. The Morgan fingerprint density at radius 2 is 2.14 bits per heavy atom. The van der Waals surface area contributed by atoms with E-state index >= 15 is 0 Å². The fourth-order valence-electron chi connectivity index (χ4n) is 2.17. The van der Waals surface area contributed by atoms with Gasteiger partial charge in [-0.1, -0.05) is 31.9 Å². The molecule has 21 heavy (non-hydrogen) atoms. The van der Waals surface area contributed by atoms with Gasteiger partial charge in [-0.25, -0.2) is 19.0 Å². The molecule has 1 unspecified atom stereocenters. The highest BCUT2D eigenvalue weighted by Crippen LogP contribution is 2.14. The highest BCUT2D eigenvalue weighted by Gasteiger charge is 2.20. The van der Waals surface area contributed by atoms with E-state index in [0.29, 0.717) is 18.2 Å². The Morgan fingerprint density at radius 3 is 2.76 bits per heavy atom. The van der Waals surface area contributed by atoms with E-state index in [2.05, 4.69) is 29.1 Å². The zero-order valence-electron chi connectivity index (χ0n) is 12.4. The van der Waals surface area contributed by atoms with Crippen molar-refractivity contribution in [3.63, 3.8) is 0 Å². The molecule has 2 heterocycles. The predicted octanol–water partition coefficient (Wildman–Crippen LogP) is 0.890. The van der Waals surface area contributed by atoms with Gasteiger partial charge in [0, 0.05) is 13.5 Å². The summed E-state index contributed by atoms with van der Waals surface area (Å²) in [6.07, 6.45) is 3.49. The Labute approximate surface area is 121 Å². The van der Waals surface area contributed by atoms with Crippen molar-refractivity contribution in [2.75, 3.05) is 0 Å². The van der Waals surface area contributed by atoms with Crippen LogP contribution in [0.2, 0.25) is 0 Å². The highest BCUT2D eigenvalue weighted by molar-refractivity contribution is 5.92. The van der Waals surface area contributed by atoms with E-state index in [4.69, 9.17) is 5.11 Å². The van der Waals surface area contributed by atoms with Gasteiger partial charge in [-0.15, -0.1) is 5.10 Å². The molecule has 0 amide bonds. The van der Waals surface area contributed by atoms with E-state index in [1.807, 2.05) is 0 Å². The van der Waals surface area contributed by atoms with Crippen LogP contribution in [0.4, 0.5) is 0 Å². The average Bonchev–Trinajstić information content (AvgIpc) is 2.82. The number of carboxylic acids is 1. The third-order valence-electron chi connectivity index (χ3n) is 3.66. The number of nitrogens with zero attached hydrogens (tertiary/aromatic N) is 5. The number of aromatic nitrogens is 5. The summed E-state index contributed by atoms with van der Waals surface area (Å²) in [5, 5.41) is 16.5. The smallest absolute Gasteiger partial charge is 0.358 e. The van der Waals surface area contributed by atoms with Crippen LogP contribution in [0.1, 0.15) is 49.4 Å². The quantitative estimate of drug-likeness (QED) is 0.848. The number of imidazole rings is 1. The van der Waals surface area contributed by atoms with Crippen molar-refractivity contribution in [1.29, 1.82) is 0 Å². The fraction of sp³-hybridized carbons (Fsp3) is 0.615. The van der Waals surface area contributed by atoms with Gasteiger partial charge in [0.1, 0.15) is 5.82 Å². The summed E-state index contributed by atoms with van der Waals surface area (Å²) in [5.74, 6) is -0.178. The zero-order chi connectivity index (χ0) is 15.6. The molecule has 0 aliphatic heterocycles.